The van der Waals surface area contributed by atoms with Crippen LogP contribution in [0, 0.1) is 21.2 Å². The summed E-state index contributed by atoms with van der Waals surface area (Å²) in [5, 5.41) is 27.7. The second kappa shape index (κ2) is 5.63. The zero-order valence-corrected chi connectivity index (χ0v) is 12.3. The first-order valence-corrected chi connectivity index (χ1v) is 7.25. The quantitative estimate of drug-likeness (QED) is 0.372. The van der Waals surface area contributed by atoms with Crippen molar-refractivity contribution in [3.05, 3.63) is 45.7 Å². The Morgan fingerprint density at radius 3 is 2.50 bits per heavy atom. The molecule has 116 valence electrons. The van der Waals surface area contributed by atoms with E-state index >= 15 is 0 Å². The molecule has 1 aliphatic heterocycles. The molecule has 22 heavy (non-hydrogen) atoms. The molecule has 0 aliphatic carbocycles. The van der Waals surface area contributed by atoms with Gasteiger partial charge in [-0.25, -0.2) is 0 Å². The van der Waals surface area contributed by atoms with E-state index in [1.165, 1.54) is 0 Å². The summed E-state index contributed by atoms with van der Waals surface area (Å²) >= 11 is 0. The lowest BCUT2D eigenvalue weighted by molar-refractivity contribution is -0.677. The highest BCUT2D eigenvalue weighted by Crippen LogP contribution is 2.27. The molecule has 0 atom stereocenters. The second-order valence-electron chi connectivity index (χ2n) is 5.57. The summed E-state index contributed by atoms with van der Waals surface area (Å²) in [5.41, 5.74) is 0.497. The van der Waals surface area contributed by atoms with Gasteiger partial charge < -0.3 is 15.3 Å². The van der Waals surface area contributed by atoms with Crippen LogP contribution in [0.3, 0.4) is 0 Å². The van der Waals surface area contributed by atoms with Crippen LogP contribution in [0.4, 0.5) is 11.6 Å². The summed E-state index contributed by atoms with van der Waals surface area (Å²) in [6.45, 7) is 3.40. The predicted octanol–water partition coefficient (Wildman–Crippen LogP) is 1.65. The Balaban J connectivity index is 2.05. The largest absolute Gasteiger partial charge is 0.723 e. The van der Waals surface area contributed by atoms with E-state index in [4.69, 9.17) is 0 Å². The van der Waals surface area contributed by atoms with Gasteiger partial charge in [-0.2, -0.15) is 4.85 Å². The average Bonchev–Trinajstić information content (AvgIpc) is 2.87. The minimum Gasteiger partial charge on any atom is -0.723 e. The zero-order valence-electron chi connectivity index (χ0n) is 12.3. The van der Waals surface area contributed by atoms with Gasteiger partial charge >= 0.3 is 11.6 Å². The number of para-hydroxylation sites is 1. The van der Waals surface area contributed by atoms with Crippen molar-refractivity contribution in [1.29, 1.82) is 0 Å². The Morgan fingerprint density at radius 1 is 1.27 bits per heavy atom. The fourth-order valence-electron chi connectivity index (χ4n) is 2.68. The molecule has 1 saturated heterocycles. The molecule has 0 N–H and O–H groups in total. The molecule has 0 unspecified atom stereocenters. The monoisotopic (exact) mass is 303 g/mol. The van der Waals surface area contributed by atoms with Crippen molar-refractivity contribution in [2.24, 2.45) is 5.92 Å². The van der Waals surface area contributed by atoms with E-state index in [0.29, 0.717) is 29.5 Å². The fourth-order valence-corrected chi connectivity index (χ4v) is 2.68. The van der Waals surface area contributed by atoms with Crippen molar-refractivity contribution in [3.63, 3.8) is 0 Å². The van der Waals surface area contributed by atoms with E-state index in [2.05, 4.69) is 12.0 Å². The van der Waals surface area contributed by atoms with Crippen molar-refractivity contribution in [2.75, 3.05) is 18.0 Å². The molecular weight excluding hydrogens is 286 g/mol. The van der Waals surface area contributed by atoms with Gasteiger partial charge in [0, 0.05) is 5.10 Å². The first-order valence-electron chi connectivity index (χ1n) is 7.25. The number of aromatic nitrogens is 3. The Bertz CT molecular complexity index is 677. The number of piperidine rings is 1. The molecule has 1 aromatic heterocycles. The van der Waals surface area contributed by atoms with Crippen LogP contribution in [0.25, 0.3) is 5.69 Å². The van der Waals surface area contributed by atoms with Gasteiger partial charge in [0.2, 0.25) is 0 Å². The molecule has 2 aromatic rings. The Hall–Kier alpha value is -2.64. The van der Waals surface area contributed by atoms with Gasteiger partial charge in [0.05, 0.1) is 13.1 Å². The molecule has 0 radical (unpaired) electrons. The van der Waals surface area contributed by atoms with E-state index in [0.717, 1.165) is 17.6 Å². The maximum absolute atomic E-state index is 12.5. The molecule has 0 amide bonds. The SMILES string of the molecule is CC1CCN(c2c([N+](=O)[O-])nn(-c3ccccc3)[n+]2[O-])CC1. The lowest BCUT2D eigenvalue weighted by Crippen LogP contribution is -2.45. The second-order valence-corrected chi connectivity index (χ2v) is 5.57. The minimum atomic E-state index is -0.596. The highest BCUT2D eigenvalue weighted by molar-refractivity contribution is 5.49. The van der Waals surface area contributed by atoms with Crippen LogP contribution >= 0.6 is 0 Å². The highest BCUT2D eigenvalue weighted by atomic mass is 16.6. The van der Waals surface area contributed by atoms with Gasteiger partial charge in [-0.1, -0.05) is 29.9 Å². The van der Waals surface area contributed by atoms with E-state index in [9.17, 15) is 15.3 Å². The van der Waals surface area contributed by atoms with Gasteiger partial charge in [0.15, 0.2) is 0 Å². The number of nitro groups is 1. The number of anilines is 1. The van der Waals surface area contributed by atoms with Gasteiger partial charge in [-0.3, -0.25) is 4.90 Å². The molecule has 0 bridgehead atoms. The van der Waals surface area contributed by atoms with Crippen molar-refractivity contribution < 1.29 is 9.77 Å². The Morgan fingerprint density at radius 2 is 1.91 bits per heavy atom. The maximum atomic E-state index is 12.5. The summed E-state index contributed by atoms with van der Waals surface area (Å²) in [4.78, 5) is 14.0. The summed E-state index contributed by atoms with van der Waals surface area (Å²) < 4.78 is 0. The summed E-state index contributed by atoms with van der Waals surface area (Å²) in [7, 11) is 0. The summed E-state index contributed by atoms with van der Waals surface area (Å²) in [6.07, 6.45) is 1.82. The van der Waals surface area contributed by atoms with Crippen molar-refractivity contribution in [3.8, 4) is 5.69 Å². The minimum absolute atomic E-state index is 0.0285. The lowest BCUT2D eigenvalue weighted by Gasteiger charge is -2.27. The van der Waals surface area contributed by atoms with E-state index in [1.54, 1.807) is 29.2 Å². The molecule has 1 aromatic carbocycles. The van der Waals surface area contributed by atoms with Crippen molar-refractivity contribution >= 4 is 11.6 Å². The topological polar surface area (TPSA) is 91.1 Å². The molecule has 1 fully saturated rings. The van der Waals surface area contributed by atoms with Crippen LogP contribution in [-0.2, 0) is 0 Å². The van der Waals surface area contributed by atoms with Gasteiger partial charge in [0.25, 0.3) is 0 Å². The average molecular weight is 303 g/mol. The molecule has 2 heterocycles. The lowest BCUT2D eigenvalue weighted by atomic mass is 9.99. The van der Waals surface area contributed by atoms with Crippen LogP contribution in [0.5, 0.6) is 0 Å². The van der Waals surface area contributed by atoms with Gasteiger partial charge in [-0.15, -0.1) is 0 Å². The van der Waals surface area contributed by atoms with E-state index in [-0.39, 0.29) is 5.82 Å². The van der Waals surface area contributed by atoms with Gasteiger partial charge in [0.1, 0.15) is 5.69 Å². The molecule has 0 saturated carbocycles. The third-order valence-electron chi connectivity index (χ3n) is 3.99. The fraction of sp³-hybridized carbons (Fsp3) is 0.429. The number of rotatable bonds is 3. The molecular formula is C14H17N5O3. The molecule has 8 nitrogen and oxygen atoms in total. The van der Waals surface area contributed by atoms with E-state index < -0.39 is 10.7 Å². The third-order valence-corrected chi connectivity index (χ3v) is 3.99. The third kappa shape index (κ3) is 2.47. The Kier molecular flexibility index (Phi) is 3.66. The van der Waals surface area contributed by atoms with Crippen molar-refractivity contribution in [2.45, 2.75) is 19.8 Å². The molecule has 8 heteroatoms. The molecule has 1 aliphatic rings. The number of nitrogens with zero attached hydrogens (tertiary/aromatic N) is 5. The highest BCUT2D eigenvalue weighted by Gasteiger charge is 2.34. The first kappa shape index (κ1) is 14.3. The molecule has 3 rings (SSSR count). The normalized spacial score (nSPS) is 16.0. The van der Waals surface area contributed by atoms with Crippen LogP contribution in [-0.4, -0.2) is 27.9 Å². The smallest absolute Gasteiger partial charge is 0.428 e. The Labute approximate surface area is 127 Å². The number of hydrogen-bond acceptors (Lipinski definition) is 5. The van der Waals surface area contributed by atoms with Gasteiger partial charge in [-0.05, 0) is 35.8 Å². The van der Waals surface area contributed by atoms with Crippen molar-refractivity contribution in [1.82, 2.24) is 9.90 Å². The van der Waals surface area contributed by atoms with Crippen LogP contribution in [0.15, 0.2) is 30.3 Å². The zero-order chi connectivity index (χ0) is 15.7. The number of hydrogen-bond donors (Lipinski definition) is 0. The van der Waals surface area contributed by atoms with Crippen LogP contribution < -0.4 is 9.75 Å². The van der Waals surface area contributed by atoms with E-state index in [1.807, 2.05) is 6.07 Å². The maximum Gasteiger partial charge on any atom is 0.428 e. The summed E-state index contributed by atoms with van der Waals surface area (Å²) in [5.74, 6) is 0.203. The molecule has 0 spiro atoms. The standard InChI is InChI=1S/C14H17N5O3/c1-11-7-9-16(10-8-11)14-13(19(21)22)15-17(18(14)20)12-5-3-2-4-6-12/h2-6,11H,7-10H2,1H3. The number of benzene rings is 1. The summed E-state index contributed by atoms with van der Waals surface area (Å²) in [6, 6.07) is 8.69. The van der Waals surface area contributed by atoms with Crippen LogP contribution in [0.2, 0.25) is 0 Å². The first-order chi connectivity index (χ1) is 10.6. The predicted molar refractivity (Wildman–Crippen MR) is 79.8 cm³/mol. The van der Waals surface area contributed by atoms with Crippen LogP contribution in [0.1, 0.15) is 19.8 Å².